The van der Waals surface area contributed by atoms with Crippen LogP contribution < -0.4 is 5.32 Å². The van der Waals surface area contributed by atoms with Crippen LogP contribution in [0.1, 0.15) is 51.1 Å². The molecular formula is C16H22FNOS. The SMILES string of the molecule is CCCC(C)CC(=O)NC1CCSc2ccc(F)cc21. The Morgan fingerprint density at radius 2 is 2.35 bits per heavy atom. The highest BCUT2D eigenvalue weighted by molar-refractivity contribution is 7.99. The minimum absolute atomic E-state index is 0.0386. The van der Waals surface area contributed by atoms with E-state index in [1.165, 1.54) is 6.07 Å². The highest BCUT2D eigenvalue weighted by Crippen LogP contribution is 2.36. The van der Waals surface area contributed by atoms with Gasteiger partial charge in [0, 0.05) is 17.1 Å². The van der Waals surface area contributed by atoms with Crippen molar-refractivity contribution in [2.45, 2.75) is 50.5 Å². The first kappa shape index (κ1) is 15.4. The Morgan fingerprint density at radius 1 is 1.55 bits per heavy atom. The Bertz CT molecular complexity index is 478. The predicted octanol–water partition coefficient (Wildman–Crippen LogP) is 4.31. The third-order valence-electron chi connectivity index (χ3n) is 3.66. The first-order valence-corrected chi connectivity index (χ1v) is 8.30. The molecule has 1 amide bonds. The molecule has 1 aromatic carbocycles. The maximum atomic E-state index is 13.4. The van der Waals surface area contributed by atoms with Crippen molar-refractivity contribution in [1.29, 1.82) is 0 Å². The summed E-state index contributed by atoms with van der Waals surface area (Å²) in [6, 6.07) is 4.82. The van der Waals surface area contributed by atoms with Crippen LogP contribution in [-0.4, -0.2) is 11.7 Å². The van der Waals surface area contributed by atoms with Gasteiger partial charge < -0.3 is 5.32 Å². The molecule has 0 saturated carbocycles. The zero-order valence-corrected chi connectivity index (χ0v) is 12.9. The summed E-state index contributed by atoms with van der Waals surface area (Å²) in [5, 5.41) is 3.07. The van der Waals surface area contributed by atoms with Crippen LogP contribution >= 0.6 is 11.8 Å². The molecule has 0 spiro atoms. The number of fused-ring (bicyclic) bond motifs is 1. The normalized spacial score (nSPS) is 19.2. The van der Waals surface area contributed by atoms with Crippen LogP contribution in [0, 0.1) is 11.7 Å². The second-order valence-electron chi connectivity index (χ2n) is 5.54. The Morgan fingerprint density at radius 3 is 3.10 bits per heavy atom. The van der Waals surface area contributed by atoms with Crippen molar-refractivity contribution >= 4 is 17.7 Å². The van der Waals surface area contributed by atoms with E-state index in [4.69, 9.17) is 0 Å². The van der Waals surface area contributed by atoms with Crippen LogP contribution in [-0.2, 0) is 4.79 Å². The number of amides is 1. The third kappa shape index (κ3) is 3.98. The lowest BCUT2D eigenvalue weighted by molar-refractivity contribution is -0.122. The summed E-state index contributed by atoms with van der Waals surface area (Å²) >= 11 is 1.73. The lowest BCUT2D eigenvalue weighted by Crippen LogP contribution is -2.31. The fraction of sp³-hybridized carbons (Fsp3) is 0.562. The first-order valence-electron chi connectivity index (χ1n) is 7.31. The Hall–Kier alpha value is -1.03. The van der Waals surface area contributed by atoms with Gasteiger partial charge >= 0.3 is 0 Å². The molecule has 0 aliphatic carbocycles. The molecule has 1 N–H and O–H groups in total. The molecule has 4 heteroatoms. The second-order valence-corrected chi connectivity index (χ2v) is 6.67. The minimum atomic E-state index is -0.232. The Labute approximate surface area is 124 Å². The summed E-state index contributed by atoms with van der Waals surface area (Å²) in [5.41, 5.74) is 0.928. The summed E-state index contributed by atoms with van der Waals surface area (Å²) in [7, 11) is 0. The molecule has 1 heterocycles. The van der Waals surface area contributed by atoms with Gasteiger partial charge in [0.25, 0.3) is 0 Å². The molecule has 1 aromatic rings. The van der Waals surface area contributed by atoms with Crippen LogP contribution in [0.5, 0.6) is 0 Å². The molecule has 1 aliphatic heterocycles. The average molecular weight is 295 g/mol. The molecule has 2 rings (SSSR count). The standard InChI is InChI=1S/C16H22FNOS/c1-3-4-11(2)9-16(19)18-14-7-8-20-15-6-5-12(17)10-13(14)15/h5-6,10-11,14H,3-4,7-9H2,1-2H3,(H,18,19). The van der Waals surface area contributed by atoms with Crippen LogP contribution in [0.25, 0.3) is 0 Å². The number of hydrogen-bond acceptors (Lipinski definition) is 2. The van der Waals surface area contributed by atoms with Gasteiger partial charge in [-0.15, -0.1) is 11.8 Å². The van der Waals surface area contributed by atoms with Gasteiger partial charge in [0.15, 0.2) is 0 Å². The third-order valence-corrected chi connectivity index (χ3v) is 4.78. The van der Waals surface area contributed by atoms with Gasteiger partial charge in [-0.3, -0.25) is 4.79 Å². The summed E-state index contributed by atoms with van der Waals surface area (Å²) in [4.78, 5) is 13.2. The zero-order chi connectivity index (χ0) is 14.5. The highest BCUT2D eigenvalue weighted by atomic mass is 32.2. The van der Waals surface area contributed by atoms with Crippen LogP contribution in [0.3, 0.4) is 0 Å². The van der Waals surface area contributed by atoms with Gasteiger partial charge in [0.1, 0.15) is 5.82 Å². The van der Waals surface area contributed by atoms with E-state index in [0.29, 0.717) is 12.3 Å². The summed E-state index contributed by atoms with van der Waals surface area (Å²) in [6.45, 7) is 4.24. The number of halogens is 1. The van der Waals surface area contributed by atoms with Crippen molar-refractivity contribution in [3.63, 3.8) is 0 Å². The average Bonchev–Trinajstić information content (AvgIpc) is 2.39. The summed E-state index contributed by atoms with van der Waals surface area (Å²) in [5.74, 6) is 1.22. The Kier molecular flexibility index (Phi) is 5.46. The quantitative estimate of drug-likeness (QED) is 0.877. The molecule has 110 valence electrons. The predicted molar refractivity (Wildman–Crippen MR) is 81.3 cm³/mol. The number of thioether (sulfide) groups is 1. The number of nitrogens with one attached hydrogen (secondary N) is 1. The van der Waals surface area contributed by atoms with Crippen molar-refractivity contribution in [2.24, 2.45) is 5.92 Å². The van der Waals surface area contributed by atoms with E-state index in [2.05, 4.69) is 19.2 Å². The van der Waals surface area contributed by atoms with Crippen molar-refractivity contribution in [3.8, 4) is 0 Å². The van der Waals surface area contributed by atoms with Gasteiger partial charge in [-0.05, 0) is 36.1 Å². The molecule has 20 heavy (non-hydrogen) atoms. The molecule has 0 aromatic heterocycles. The van der Waals surface area contributed by atoms with E-state index in [9.17, 15) is 9.18 Å². The topological polar surface area (TPSA) is 29.1 Å². The van der Waals surface area contributed by atoms with E-state index in [1.807, 2.05) is 6.07 Å². The van der Waals surface area contributed by atoms with Crippen LogP contribution in [0.15, 0.2) is 23.1 Å². The maximum Gasteiger partial charge on any atom is 0.220 e. The van der Waals surface area contributed by atoms with E-state index < -0.39 is 0 Å². The number of hydrogen-bond donors (Lipinski definition) is 1. The van der Waals surface area contributed by atoms with Gasteiger partial charge in [-0.25, -0.2) is 4.39 Å². The molecule has 0 bridgehead atoms. The minimum Gasteiger partial charge on any atom is -0.349 e. The number of benzene rings is 1. The van der Waals surface area contributed by atoms with Crippen molar-refractivity contribution in [1.82, 2.24) is 5.32 Å². The van der Waals surface area contributed by atoms with Gasteiger partial charge in [0.05, 0.1) is 6.04 Å². The molecule has 2 nitrogen and oxygen atoms in total. The molecule has 0 radical (unpaired) electrons. The van der Waals surface area contributed by atoms with Gasteiger partial charge in [-0.2, -0.15) is 0 Å². The van der Waals surface area contributed by atoms with E-state index in [1.54, 1.807) is 17.8 Å². The second kappa shape index (κ2) is 7.11. The number of carbonyl (C=O) groups excluding carboxylic acids is 1. The zero-order valence-electron chi connectivity index (χ0n) is 12.1. The highest BCUT2D eigenvalue weighted by Gasteiger charge is 2.23. The summed E-state index contributed by atoms with van der Waals surface area (Å²) in [6.07, 6.45) is 3.60. The van der Waals surface area contributed by atoms with E-state index in [-0.39, 0.29) is 17.8 Å². The molecule has 2 atom stereocenters. The van der Waals surface area contributed by atoms with Crippen molar-refractivity contribution < 1.29 is 9.18 Å². The largest absolute Gasteiger partial charge is 0.349 e. The van der Waals surface area contributed by atoms with Gasteiger partial charge in [-0.1, -0.05) is 26.7 Å². The molecular weight excluding hydrogens is 273 g/mol. The van der Waals surface area contributed by atoms with E-state index in [0.717, 1.165) is 35.5 Å². The fourth-order valence-corrected chi connectivity index (χ4v) is 3.79. The lowest BCUT2D eigenvalue weighted by atomic mass is 10.00. The van der Waals surface area contributed by atoms with Crippen molar-refractivity contribution in [2.75, 3.05) is 5.75 Å². The molecule has 2 unspecified atom stereocenters. The van der Waals surface area contributed by atoms with Crippen LogP contribution in [0.4, 0.5) is 4.39 Å². The number of rotatable bonds is 5. The number of carbonyl (C=O) groups is 1. The Balaban J connectivity index is 2.01. The van der Waals surface area contributed by atoms with E-state index >= 15 is 0 Å². The summed E-state index contributed by atoms with van der Waals surface area (Å²) < 4.78 is 13.4. The lowest BCUT2D eigenvalue weighted by Gasteiger charge is -2.26. The molecule has 0 fully saturated rings. The fourth-order valence-electron chi connectivity index (χ4n) is 2.68. The van der Waals surface area contributed by atoms with Crippen molar-refractivity contribution in [3.05, 3.63) is 29.6 Å². The molecule has 1 aliphatic rings. The smallest absolute Gasteiger partial charge is 0.220 e. The maximum absolute atomic E-state index is 13.4. The van der Waals surface area contributed by atoms with Gasteiger partial charge in [0.2, 0.25) is 5.91 Å². The van der Waals surface area contributed by atoms with Crippen LogP contribution in [0.2, 0.25) is 0 Å². The monoisotopic (exact) mass is 295 g/mol. The molecule has 0 saturated heterocycles. The first-order chi connectivity index (χ1) is 9.60.